The number of nitrogen functional groups attached to an aromatic ring is 1. The van der Waals surface area contributed by atoms with Gasteiger partial charge in [-0.25, -0.2) is 33.2 Å². The smallest absolute Gasteiger partial charge is 0.477 e. The number of hydrogen-bond acceptors (Lipinski definition) is 18. The number of pyridine rings is 1. The lowest BCUT2D eigenvalue weighted by molar-refractivity contribution is -0.766. The van der Waals surface area contributed by atoms with Gasteiger partial charge < -0.3 is 60.3 Å². The summed E-state index contributed by atoms with van der Waals surface area (Å²) >= 11 is 0. The Labute approximate surface area is 282 Å². The summed E-state index contributed by atoms with van der Waals surface area (Å²) in [5, 5.41) is 54.9. The number of phosphoric ester groups is 2. The van der Waals surface area contributed by atoms with E-state index in [1.165, 1.54) is 18.3 Å². The van der Waals surface area contributed by atoms with Crippen molar-refractivity contribution in [2.24, 2.45) is 5.11 Å². The molecule has 0 bridgehead atoms. The summed E-state index contributed by atoms with van der Waals surface area (Å²) in [4.78, 5) is 65.1. The van der Waals surface area contributed by atoms with E-state index in [0.29, 0.717) is 0 Å². The van der Waals surface area contributed by atoms with Crippen LogP contribution in [0.25, 0.3) is 21.6 Å². The van der Waals surface area contributed by atoms with Crippen molar-refractivity contribution in [2.75, 3.05) is 12.3 Å². The molecule has 2 saturated heterocycles. The molecule has 2 aliphatic heterocycles. The van der Waals surface area contributed by atoms with E-state index in [1.807, 2.05) is 0 Å². The van der Waals surface area contributed by atoms with E-state index < -0.39 is 96.7 Å². The first kappa shape index (κ1) is 38.7. The van der Waals surface area contributed by atoms with E-state index in [0.717, 1.165) is 21.7 Å². The van der Waals surface area contributed by atoms with Crippen LogP contribution in [0, 0.1) is 0 Å². The Morgan fingerprint density at radius 2 is 1.84 bits per heavy atom. The van der Waals surface area contributed by atoms with E-state index in [9.17, 15) is 63.6 Å². The molecule has 30 heteroatoms. The average molecular weight is 786 g/mol. The maximum atomic E-state index is 12.9. The third-order valence-corrected chi connectivity index (χ3v) is 11.1. The predicted molar refractivity (Wildman–Crippen MR) is 158 cm³/mol. The average Bonchev–Trinajstić information content (AvgIpc) is 3.66. The van der Waals surface area contributed by atoms with Gasteiger partial charge in [0.25, 0.3) is 6.23 Å². The van der Waals surface area contributed by atoms with Crippen LogP contribution >= 0.6 is 23.2 Å². The molecule has 3 aromatic heterocycles. The maximum absolute atomic E-state index is 12.9. The summed E-state index contributed by atoms with van der Waals surface area (Å²) in [5.74, 6) is -5.01. The summed E-state index contributed by atoms with van der Waals surface area (Å²) in [6, 6.07) is 2.42. The first-order valence-corrected chi connectivity index (χ1v) is 18.5. The van der Waals surface area contributed by atoms with Gasteiger partial charge in [0.05, 0.1) is 6.61 Å². The highest BCUT2D eigenvalue weighted by molar-refractivity contribution is 7.64. The number of imidazole rings is 1. The number of aromatic carboxylic acids is 1. The van der Waals surface area contributed by atoms with Crippen molar-refractivity contribution in [1.29, 1.82) is 0 Å². The molecule has 2 fully saturated rings. The standard InChI is InChI=1S/C21H26N9O18P3/c22-15-9-16(25-6-24-15)30(21(26-9)27-28-23)18-13(47-50(39,40)41)10(31)8(45-18)5-44-51(42,43)48-49(37,38)20(36)14-11(32)12(33)17(46-14)29-3-1-2-7(4-29)19(34)35/h1-4,6,8,10-14,17-18,20,31-33,36H,5H2,(H6-,22,24,25,34,35,37,38,39,40,41,42,43)/p+1/t8-,10-,11+,12-,13-,14-,17-,18-,20?/m1/s1. The van der Waals surface area contributed by atoms with Crippen molar-refractivity contribution in [1.82, 2.24) is 19.5 Å². The van der Waals surface area contributed by atoms with Gasteiger partial charge in [0.2, 0.25) is 5.95 Å². The third-order valence-electron chi connectivity index (χ3n) is 7.34. The van der Waals surface area contributed by atoms with Crippen molar-refractivity contribution in [3.05, 3.63) is 46.9 Å². The Hall–Kier alpha value is -3.55. The highest BCUT2D eigenvalue weighted by atomic mass is 31.3. The molecule has 0 amide bonds. The number of fused-ring (bicyclic) bond motifs is 1. The van der Waals surface area contributed by atoms with Crippen LogP contribution in [0.3, 0.4) is 0 Å². The van der Waals surface area contributed by atoms with Crippen molar-refractivity contribution >= 4 is 52.1 Å². The zero-order chi connectivity index (χ0) is 37.6. The summed E-state index contributed by atoms with van der Waals surface area (Å²) in [6.07, 6.45) is -12.7. The summed E-state index contributed by atoms with van der Waals surface area (Å²) < 4.78 is 63.8. The van der Waals surface area contributed by atoms with Gasteiger partial charge in [0.15, 0.2) is 47.6 Å². The molecule has 11 N–H and O–H groups in total. The van der Waals surface area contributed by atoms with Crippen molar-refractivity contribution in [3.63, 3.8) is 0 Å². The number of aromatic nitrogens is 5. The monoisotopic (exact) mass is 786 g/mol. The Kier molecular flexibility index (Phi) is 11.0. The molecule has 51 heavy (non-hydrogen) atoms. The third kappa shape index (κ3) is 8.10. The molecule has 0 saturated carbocycles. The van der Waals surface area contributed by atoms with Crippen LogP contribution in [0.5, 0.6) is 0 Å². The Bertz CT molecular complexity index is 2010. The molecular weight excluding hydrogens is 759 g/mol. The molecular formula is C21H27N9O18P3+. The van der Waals surface area contributed by atoms with E-state index in [4.69, 9.17) is 20.7 Å². The Morgan fingerprint density at radius 3 is 2.49 bits per heavy atom. The minimum atomic E-state index is -5.77. The highest BCUT2D eigenvalue weighted by Gasteiger charge is 2.57. The van der Waals surface area contributed by atoms with Gasteiger partial charge in [0, 0.05) is 11.0 Å². The number of nitrogens with two attached hydrogens (primary N) is 1. The van der Waals surface area contributed by atoms with Crippen LogP contribution in [0.2, 0.25) is 0 Å². The van der Waals surface area contributed by atoms with Gasteiger partial charge in [-0.2, -0.15) is 4.57 Å². The summed E-state index contributed by atoms with van der Waals surface area (Å²) in [7, 11) is -17.0. The highest BCUT2D eigenvalue weighted by Crippen LogP contribution is 2.63. The molecule has 5 rings (SSSR count). The fraction of sp³-hybridized carbons (Fsp3) is 0.476. The number of phosphoric acid groups is 2. The number of hydrogen-bond donors (Lipinski definition) is 10. The molecule has 0 aromatic carbocycles. The fourth-order valence-electron chi connectivity index (χ4n) is 5.12. The largest absolute Gasteiger partial charge is 0.479 e. The fourth-order valence-corrected chi connectivity index (χ4v) is 8.38. The molecule has 27 nitrogen and oxygen atoms in total. The second-order valence-electron chi connectivity index (χ2n) is 10.7. The van der Waals surface area contributed by atoms with Crippen LogP contribution in [0.4, 0.5) is 11.8 Å². The van der Waals surface area contributed by atoms with Crippen LogP contribution < -0.4 is 10.3 Å². The molecule has 278 valence electrons. The Balaban J connectivity index is 1.32. The lowest BCUT2D eigenvalue weighted by Gasteiger charge is -2.25. The van der Waals surface area contributed by atoms with E-state index in [-0.39, 0.29) is 22.5 Å². The van der Waals surface area contributed by atoms with Gasteiger partial charge >= 0.3 is 29.2 Å². The van der Waals surface area contributed by atoms with Crippen molar-refractivity contribution in [3.8, 4) is 0 Å². The number of nitrogens with zero attached hydrogens (tertiary/aromatic N) is 8. The van der Waals surface area contributed by atoms with Crippen LogP contribution in [0.15, 0.2) is 36.0 Å². The number of aliphatic hydroxyl groups is 4. The first-order chi connectivity index (χ1) is 23.7. The van der Waals surface area contributed by atoms with E-state index >= 15 is 0 Å². The number of azide groups is 1. The quantitative estimate of drug-likeness (QED) is 0.0295. The number of carboxylic acids is 1. The van der Waals surface area contributed by atoms with Crippen LogP contribution in [-0.2, 0) is 36.5 Å². The topological polar surface area (TPSA) is 419 Å². The molecule has 0 spiro atoms. The molecule has 2 aliphatic rings. The number of carboxylic acid groups (broad SMARTS) is 1. The number of aliphatic hydroxyl groups excluding tert-OH is 4. The van der Waals surface area contributed by atoms with Gasteiger partial charge in [0.1, 0.15) is 42.4 Å². The number of anilines is 1. The van der Waals surface area contributed by atoms with Gasteiger partial charge in [-0.05, 0) is 16.7 Å². The van der Waals surface area contributed by atoms with E-state index in [2.05, 4.69) is 38.3 Å². The predicted octanol–water partition coefficient (Wildman–Crippen LogP) is -1.97. The lowest BCUT2D eigenvalue weighted by atomic mass is 10.1. The van der Waals surface area contributed by atoms with Gasteiger partial charge in [-0.1, -0.05) is 0 Å². The summed E-state index contributed by atoms with van der Waals surface area (Å²) in [5.41, 5.74) is 14.1. The molecule has 5 heterocycles. The normalized spacial score (nSPS) is 29.6. The first-order valence-electron chi connectivity index (χ1n) is 13.8. The second kappa shape index (κ2) is 14.5. The number of carbonyl (C=O) groups is 1. The van der Waals surface area contributed by atoms with Crippen molar-refractivity contribution < 1.29 is 91.0 Å². The Morgan fingerprint density at radius 1 is 1.14 bits per heavy atom. The molecule has 0 aliphatic carbocycles. The van der Waals surface area contributed by atoms with Gasteiger partial charge in [-0.15, -0.1) is 0 Å². The second-order valence-corrected chi connectivity index (χ2v) is 15.4. The zero-order valence-electron chi connectivity index (χ0n) is 25.0. The maximum Gasteiger partial charge on any atom is 0.479 e. The number of ether oxygens (including phenoxy) is 2. The van der Waals surface area contributed by atoms with Crippen LogP contribution in [-0.4, -0.2) is 120 Å². The lowest BCUT2D eigenvalue weighted by Crippen LogP contribution is -2.46. The minimum absolute atomic E-state index is 0.180. The molecule has 11 atom stereocenters. The van der Waals surface area contributed by atoms with E-state index in [1.54, 1.807) is 0 Å². The minimum Gasteiger partial charge on any atom is -0.477 e. The summed E-state index contributed by atoms with van der Waals surface area (Å²) in [6.45, 7) is -1.25. The number of rotatable bonds is 13. The van der Waals surface area contributed by atoms with Crippen molar-refractivity contribution in [2.45, 2.75) is 54.9 Å². The van der Waals surface area contributed by atoms with Crippen LogP contribution in [0.1, 0.15) is 22.8 Å². The molecule has 3 aromatic rings. The van der Waals surface area contributed by atoms with Gasteiger partial charge in [-0.3, -0.25) is 18.2 Å². The molecule has 0 radical (unpaired) electrons. The zero-order valence-corrected chi connectivity index (χ0v) is 27.7. The molecule has 3 unspecified atom stereocenters. The SMILES string of the molecule is [N-]=[N+]=Nc1nc2c(N)ncnc2n1[C@@H]1O[C@H](COP(=O)(O)OP(=O)(O)C(O)[C@@H]2O[C@@H]([n+]3cccc(C(=O)O)c3)[C@H](O)[C@@H]2O)[C@@H](O)[C@H]1OP(=O)(O)O.